The van der Waals surface area contributed by atoms with E-state index in [0.29, 0.717) is 6.04 Å². The summed E-state index contributed by atoms with van der Waals surface area (Å²) in [6.45, 7) is 5.76. The van der Waals surface area contributed by atoms with E-state index in [1.165, 1.54) is 54.4 Å². The number of hydrogen-bond acceptors (Lipinski definition) is 2. The first kappa shape index (κ1) is 13.6. The molecule has 2 heterocycles. The average Bonchev–Trinajstić information content (AvgIpc) is 2.87. The number of benzene rings is 1. The standard InChI is InChI=1S/C16H23BrN2/c1-12-4-5-13(9-16(12)17)11-18-14-6-8-19-7-2-3-15(19)10-14/h4-5,9,14-15,18H,2-3,6-8,10-11H2,1H3. The zero-order valence-corrected chi connectivity index (χ0v) is 13.2. The molecule has 1 aromatic carbocycles. The molecule has 0 radical (unpaired) electrons. The Morgan fingerprint density at radius 2 is 2.21 bits per heavy atom. The first-order valence-corrected chi connectivity index (χ1v) is 8.24. The molecule has 0 aliphatic carbocycles. The van der Waals surface area contributed by atoms with Gasteiger partial charge in [0.15, 0.2) is 0 Å². The smallest absolute Gasteiger partial charge is 0.0208 e. The summed E-state index contributed by atoms with van der Waals surface area (Å²) in [4.78, 5) is 2.68. The van der Waals surface area contributed by atoms with E-state index in [2.05, 4.69) is 51.3 Å². The fraction of sp³-hybridized carbons (Fsp3) is 0.625. The van der Waals surface area contributed by atoms with Gasteiger partial charge in [-0.2, -0.15) is 0 Å². The van der Waals surface area contributed by atoms with Crippen LogP contribution < -0.4 is 5.32 Å². The van der Waals surface area contributed by atoms with Crippen molar-refractivity contribution in [1.82, 2.24) is 10.2 Å². The number of nitrogens with one attached hydrogen (secondary N) is 1. The Morgan fingerprint density at radius 1 is 1.32 bits per heavy atom. The van der Waals surface area contributed by atoms with Crippen LogP contribution in [0.15, 0.2) is 22.7 Å². The average molecular weight is 323 g/mol. The molecule has 0 bridgehead atoms. The number of aryl methyl sites for hydroxylation is 1. The van der Waals surface area contributed by atoms with Crippen LogP contribution in [0.5, 0.6) is 0 Å². The summed E-state index contributed by atoms with van der Waals surface area (Å²) in [6, 6.07) is 8.24. The third-order valence-corrected chi connectivity index (χ3v) is 5.51. The lowest BCUT2D eigenvalue weighted by molar-refractivity contribution is 0.166. The van der Waals surface area contributed by atoms with Crippen LogP contribution in [0.1, 0.15) is 36.8 Å². The van der Waals surface area contributed by atoms with Gasteiger partial charge in [-0.25, -0.2) is 0 Å². The normalized spacial score (nSPS) is 27.5. The number of hydrogen-bond donors (Lipinski definition) is 1. The van der Waals surface area contributed by atoms with Gasteiger partial charge >= 0.3 is 0 Å². The lowest BCUT2D eigenvalue weighted by Crippen LogP contribution is -2.45. The van der Waals surface area contributed by atoms with E-state index in [4.69, 9.17) is 0 Å². The third-order valence-electron chi connectivity index (χ3n) is 4.65. The summed E-state index contributed by atoms with van der Waals surface area (Å²) in [5, 5.41) is 3.75. The van der Waals surface area contributed by atoms with Crippen LogP contribution in [0.3, 0.4) is 0 Å². The summed E-state index contributed by atoms with van der Waals surface area (Å²) in [5.74, 6) is 0. The van der Waals surface area contributed by atoms with E-state index in [9.17, 15) is 0 Å². The van der Waals surface area contributed by atoms with Crippen LogP contribution in [-0.4, -0.2) is 30.1 Å². The molecule has 19 heavy (non-hydrogen) atoms. The van der Waals surface area contributed by atoms with Crippen LogP contribution in [-0.2, 0) is 6.54 Å². The molecule has 2 fully saturated rings. The Balaban J connectivity index is 1.53. The van der Waals surface area contributed by atoms with Crippen molar-refractivity contribution in [2.45, 2.75) is 51.2 Å². The van der Waals surface area contributed by atoms with Crippen LogP contribution in [0, 0.1) is 6.92 Å². The van der Waals surface area contributed by atoms with Gasteiger partial charge in [0.25, 0.3) is 0 Å². The first-order valence-electron chi connectivity index (χ1n) is 7.45. The van der Waals surface area contributed by atoms with Gasteiger partial charge in [-0.15, -0.1) is 0 Å². The Kier molecular flexibility index (Phi) is 4.25. The number of piperidine rings is 1. The minimum absolute atomic E-state index is 0.708. The second-order valence-electron chi connectivity index (χ2n) is 6.02. The molecule has 0 saturated carbocycles. The molecule has 1 N–H and O–H groups in total. The summed E-state index contributed by atoms with van der Waals surface area (Å²) >= 11 is 3.61. The van der Waals surface area contributed by atoms with Gasteiger partial charge in [0, 0.05) is 23.1 Å². The molecule has 2 atom stereocenters. The number of halogens is 1. The lowest BCUT2D eigenvalue weighted by atomic mass is 9.97. The second-order valence-corrected chi connectivity index (χ2v) is 6.87. The van der Waals surface area contributed by atoms with Crippen molar-refractivity contribution in [3.8, 4) is 0 Å². The SMILES string of the molecule is Cc1ccc(CNC2CCN3CCCC3C2)cc1Br. The molecule has 0 amide bonds. The Morgan fingerprint density at radius 3 is 3.05 bits per heavy atom. The summed E-state index contributed by atoms with van der Waals surface area (Å²) in [7, 11) is 0. The van der Waals surface area contributed by atoms with Gasteiger partial charge in [0.2, 0.25) is 0 Å². The fourth-order valence-corrected chi connectivity index (χ4v) is 3.84. The van der Waals surface area contributed by atoms with Crippen molar-refractivity contribution in [2.24, 2.45) is 0 Å². The highest BCUT2D eigenvalue weighted by Gasteiger charge is 2.31. The van der Waals surface area contributed by atoms with E-state index in [1.54, 1.807) is 0 Å². The van der Waals surface area contributed by atoms with Crippen molar-refractivity contribution >= 4 is 15.9 Å². The highest BCUT2D eigenvalue weighted by Crippen LogP contribution is 2.27. The number of fused-ring (bicyclic) bond motifs is 1. The monoisotopic (exact) mass is 322 g/mol. The van der Waals surface area contributed by atoms with E-state index < -0.39 is 0 Å². The Hall–Kier alpha value is -0.380. The van der Waals surface area contributed by atoms with Gasteiger partial charge in [-0.05, 0) is 62.9 Å². The molecule has 1 aromatic rings. The fourth-order valence-electron chi connectivity index (χ4n) is 3.42. The molecule has 2 aliphatic heterocycles. The number of rotatable bonds is 3. The van der Waals surface area contributed by atoms with Crippen LogP contribution in [0.25, 0.3) is 0 Å². The highest BCUT2D eigenvalue weighted by atomic mass is 79.9. The van der Waals surface area contributed by atoms with Crippen molar-refractivity contribution in [3.05, 3.63) is 33.8 Å². The van der Waals surface area contributed by atoms with Gasteiger partial charge in [-0.3, -0.25) is 0 Å². The minimum Gasteiger partial charge on any atom is -0.310 e. The predicted octanol–water partition coefficient (Wildman–Crippen LogP) is 3.47. The van der Waals surface area contributed by atoms with Crippen LogP contribution in [0.4, 0.5) is 0 Å². The van der Waals surface area contributed by atoms with Crippen molar-refractivity contribution < 1.29 is 0 Å². The first-order chi connectivity index (χ1) is 9.22. The van der Waals surface area contributed by atoms with Gasteiger partial charge in [0.1, 0.15) is 0 Å². The molecule has 0 spiro atoms. The summed E-state index contributed by atoms with van der Waals surface area (Å²) < 4.78 is 1.22. The molecule has 3 rings (SSSR count). The lowest BCUT2D eigenvalue weighted by Gasteiger charge is -2.35. The molecule has 2 nitrogen and oxygen atoms in total. The molecule has 0 aromatic heterocycles. The highest BCUT2D eigenvalue weighted by molar-refractivity contribution is 9.10. The van der Waals surface area contributed by atoms with E-state index in [0.717, 1.165) is 12.6 Å². The molecule has 104 valence electrons. The maximum Gasteiger partial charge on any atom is 0.0208 e. The van der Waals surface area contributed by atoms with E-state index in [1.807, 2.05) is 0 Å². The van der Waals surface area contributed by atoms with Crippen molar-refractivity contribution in [1.29, 1.82) is 0 Å². The van der Waals surface area contributed by atoms with Crippen LogP contribution in [0.2, 0.25) is 0 Å². The maximum absolute atomic E-state index is 3.75. The van der Waals surface area contributed by atoms with Gasteiger partial charge < -0.3 is 10.2 Å². The maximum atomic E-state index is 3.75. The second kappa shape index (κ2) is 5.94. The molecule has 2 saturated heterocycles. The minimum atomic E-state index is 0.708. The number of nitrogens with zero attached hydrogens (tertiary/aromatic N) is 1. The third kappa shape index (κ3) is 3.21. The molecule has 2 unspecified atom stereocenters. The molecular weight excluding hydrogens is 300 g/mol. The van der Waals surface area contributed by atoms with Crippen LogP contribution >= 0.6 is 15.9 Å². The Bertz CT molecular complexity index is 446. The Labute approximate surface area is 124 Å². The molecule has 3 heteroatoms. The zero-order chi connectivity index (χ0) is 13.2. The summed E-state index contributed by atoms with van der Waals surface area (Å²) in [6.07, 6.45) is 5.47. The van der Waals surface area contributed by atoms with Crippen molar-refractivity contribution in [3.63, 3.8) is 0 Å². The van der Waals surface area contributed by atoms with E-state index >= 15 is 0 Å². The molecular formula is C16H23BrN2. The van der Waals surface area contributed by atoms with Gasteiger partial charge in [0.05, 0.1) is 0 Å². The van der Waals surface area contributed by atoms with Gasteiger partial charge in [-0.1, -0.05) is 28.1 Å². The zero-order valence-electron chi connectivity index (χ0n) is 11.7. The summed E-state index contributed by atoms with van der Waals surface area (Å²) in [5.41, 5.74) is 2.69. The largest absolute Gasteiger partial charge is 0.310 e. The van der Waals surface area contributed by atoms with E-state index in [-0.39, 0.29) is 0 Å². The topological polar surface area (TPSA) is 15.3 Å². The molecule has 2 aliphatic rings. The predicted molar refractivity (Wildman–Crippen MR) is 83.3 cm³/mol. The quantitative estimate of drug-likeness (QED) is 0.916. The van der Waals surface area contributed by atoms with Crippen molar-refractivity contribution in [2.75, 3.05) is 13.1 Å².